The molecule has 0 unspecified atom stereocenters. The molecular weight excluding hydrogens is 306 g/mol. The predicted molar refractivity (Wildman–Crippen MR) is 79.0 cm³/mol. The molecule has 0 fully saturated rings. The van der Waals surface area contributed by atoms with Gasteiger partial charge in [-0.1, -0.05) is 6.07 Å². The van der Waals surface area contributed by atoms with Crippen LogP contribution in [-0.2, 0) is 6.54 Å². The third kappa shape index (κ3) is 4.06. The van der Waals surface area contributed by atoms with Crippen LogP contribution < -0.4 is 10.6 Å². The van der Waals surface area contributed by atoms with E-state index in [1.807, 2.05) is 37.3 Å². The molecule has 5 heteroatoms. The summed E-state index contributed by atoms with van der Waals surface area (Å²) in [6.07, 6.45) is 3.40. The lowest BCUT2D eigenvalue weighted by Gasteiger charge is -2.09. The fourth-order valence-corrected chi connectivity index (χ4v) is 2.16. The first-order chi connectivity index (χ1) is 9.15. The molecule has 0 spiro atoms. The first kappa shape index (κ1) is 13.5. The zero-order valence-corrected chi connectivity index (χ0v) is 12.1. The summed E-state index contributed by atoms with van der Waals surface area (Å²) in [4.78, 5) is 15.7. The highest BCUT2D eigenvalue weighted by molar-refractivity contribution is 9.10. The molecule has 2 aromatic rings. The number of benzene rings is 1. The van der Waals surface area contributed by atoms with E-state index < -0.39 is 0 Å². The molecule has 0 aliphatic heterocycles. The van der Waals surface area contributed by atoms with Gasteiger partial charge in [-0.25, -0.2) is 4.79 Å². The molecule has 0 aliphatic carbocycles. The van der Waals surface area contributed by atoms with Crippen LogP contribution in [0.3, 0.4) is 0 Å². The van der Waals surface area contributed by atoms with Crippen molar-refractivity contribution in [1.82, 2.24) is 10.3 Å². The first-order valence-electron chi connectivity index (χ1n) is 5.85. The number of rotatable bonds is 3. The van der Waals surface area contributed by atoms with Crippen molar-refractivity contribution >= 4 is 27.6 Å². The first-order valence-corrected chi connectivity index (χ1v) is 6.64. The number of nitrogens with zero attached hydrogens (tertiary/aromatic N) is 1. The molecule has 1 aromatic carbocycles. The molecule has 0 atom stereocenters. The van der Waals surface area contributed by atoms with Crippen molar-refractivity contribution in [2.24, 2.45) is 0 Å². The monoisotopic (exact) mass is 319 g/mol. The van der Waals surface area contributed by atoms with Gasteiger partial charge in [0.1, 0.15) is 0 Å². The second-order valence-electron chi connectivity index (χ2n) is 4.15. The van der Waals surface area contributed by atoms with E-state index in [0.717, 1.165) is 21.3 Å². The van der Waals surface area contributed by atoms with E-state index in [4.69, 9.17) is 0 Å². The van der Waals surface area contributed by atoms with E-state index in [9.17, 15) is 4.79 Å². The zero-order chi connectivity index (χ0) is 13.7. The molecule has 1 heterocycles. The number of halogens is 1. The van der Waals surface area contributed by atoms with Gasteiger partial charge in [0.25, 0.3) is 0 Å². The van der Waals surface area contributed by atoms with Gasteiger partial charge in [-0.15, -0.1) is 0 Å². The fourth-order valence-electron chi connectivity index (χ4n) is 1.57. The highest BCUT2D eigenvalue weighted by Gasteiger charge is 2.05. The number of carbonyl (C=O) groups excluding carboxylic acids is 1. The van der Waals surface area contributed by atoms with Crippen LogP contribution in [0.25, 0.3) is 0 Å². The van der Waals surface area contributed by atoms with Crippen LogP contribution >= 0.6 is 15.9 Å². The van der Waals surface area contributed by atoms with Crippen LogP contribution in [0.1, 0.15) is 11.1 Å². The summed E-state index contributed by atoms with van der Waals surface area (Å²) < 4.78 is 0.867. The highest BCUT2D eigenvalue weighted by Crippen LogP contribution is 2.23. The summed E-state index contributed by atoms with van der Waals surface area (Å²) in [6, 6.07) is 9.26. The van der Waals surface area contributed by atoms with Gasteiger partial charge in [0, 0.05) is 23.4 Å². The minimum Gasteiger partial charge on any atom is -0.334 e. The molecule has 2 amide bonds. The van der Waals surface area contributed by atoms with Crippen LogP contribution in [0.2, 0.25) is 0 Å². The standard InChI is InChI=1S/C14H14BrN3O/c1-10-2-3-13(12(15)8-10)18-14(19)17-9-11-4-6-16-7-5-11/h2-8H,9H2,1H3,(H2,17,18,19). The summed E-state index contributed by atoms with van der Waals surface area (Å²) in [5, 5.41) is 5.59. The molecule has 0 saturated carbocycles. The van der Waals surface area contributed by atoms with Gasteiger partial charge in [0.2, 0.25) is 0 Å². The Morgan fingerprint density at radius 1 is 1.26 bits per heavy atom. The topological polar surface area (TPSA) is 54.0 Å². The van der Waals surface area contributed by atoms with Crippen molar-refractivity contribution in [1.29, 1.82) is 0 Å². The molecule has 19 heavy (non-hydrogen) atoms. The summed E-state index contributed by atoms with van der Waals surface area (Å²) >= 11 is 3.42. The van der Waals surface area contributed by atoms with E-state index in [1.165, 1.54) is 0 Å². The summed E-state index contributed by atoms with van der Waals surface area (Å²) in [6.45, 7) is 2.47. The minimum absolute atomic E-state index is 0.235. The quantitative estimate of drug-likeness (QED) is 0.910. The third-order valence-electron chi connectivity index (χ3n) is 2.58. The summed E-state index contributed by atoms with van der Waals surface area (Å²) in [5.74, 6) is 0. The second kappa shape index (κ2) is 6.33. The Hall–Kier alpha value is -1.88. The molecule has 98 valence electrons. The van der Waals surface area contributed by atoms with Crippen LogP contribution in [0, 0.1) is 6.92 Å². The van der Waals surface area contributed by atoms with Crippen LogP contribution in [-0.4, -0.2) is 11.0 Å². The third-order valence-corrected chi connectivity index (χ3v) is 3.23. The normalized spacial score (nSPS) is 10.0. The Kier molecular flexibility index (Phi) is 4.52. The van der Waals surface area contributed by atoms with Crippen LogP contribution in [0.15, 0.2) is 47.2 Å². The van der Waals surface area contributed by atoms with E-state index in [1.54, 1.807) is 12.4 Å². The number of aryl methyl sites for hydroxylation is 1. The Morgan fingerprint density at radius 3 is 2.68 bits per heavy atom. The average Bonchev–Trinajstić information content (AvgIpc) is 2.41. The molecule has 2 N–H and O–H groups in total. The maximum atomic E-state index is 11.8. The van der Waals surface area contributed by atoms with E-state index in [-0.39, 0.29) is 6.03 Å². The molecule has 4 nitrogen and oxygen atoms in total. The number of hydrogen-bond donors (Lipinski definition) is 2. The highest BCUT2D eigenvalue weighted by atomic mass is 79.9. The Balaban J connectivity index is 1.91. The van der Waals surface area contributed by atoms with Crippen molar-refractivity contribution < 1.29 is 4.79 Å². The van der Waals surface area contributed by atoms with Gasteiger partial charge >= 0.3 is 6.03 Å². The average molecular weight is 320 g/mol. The molecule has 0 radical (unpaired) electrons. The Morgan fingerprint density at radius 2 is 2.00 bits per heavy atom. The fraction of sp³-hybridized carbons (Fsp3) is 0.143. The lowest BCUT2D eigenvalue weighted by molar-refractivity contribution is 0.251. The number of nitrogens with one attached hydrogen (secondary N) is 2. The van der Waals surface area contributed by atoms with Crippen molar-refractivity contribution in [2.45, 2.75) is 13.5 Å². The summed E-state index contributed by atoms with van der Waals surface area (Å²) in [5.41, 5.74) is 2.89. The molecule has 0 bridgehead atoms. The maximum Gasteiger partial charge on any atom is 0.319 e. The minimum atomic E-state index is -0.235. The van der Waals surface area contributed by atoms with Gasteiger partial charge in [0.15, 0.2) is 0 Å². The number of anilines is 1. The van der Waals surface area contributed by atoms with Crippen molar-refractivity contribution in [2.75, 3.05) is 5.32 Å². The van der Waals surface area contributed by atoms with E-state index in [2.05, 4.69) is 31.5 Å². The smallest absolute Gasteiger partial charge is 0.319 e. The van der Waals surface area contributed by atoms with Crippen molar-refractivity contribution in [3.8, 4) is 0 Å². The molecule has 0 saturated heterocycles. The Bertz CT molecular complexity index is 572. The number of aromatic nitrogens is 1. The summed E-state index contributed by atoms with van der Waals surface area (Å²) in [7, 11) is 0. The lowest BCUT2D eigenvalue weighted by Crippen LogP contribution is -2.28. The van der Waals surface area contributed by atoms with Gasteiger partial charge in [-0.3, -0.25) is 4.98 Å². The molecular formula is C14H14BrN3O. The number of urea groups is 1. The molecule has 1 aromatic heterocycles. The Labute approximate surface area is 120 Å². The van der Waals surface area contributed by atoms with Gasteiger partial charge in [-0.2, -0.15) is 0 Å². The van der Waals surface area contributed by atoms with E-state index >= 15 is 0 Å². The number of amides is 2. The molecule has 2 rings (SSSR count). The second-order valence-corrected chi connectivity index (χ2v) is 5.00. The lowest BCUT2D eigenvalue weighted by atomic mass is 10.2. The molecule has 0 aliphatic rings. The van der Waals surface area contributed by atoms with Crippen LogP contribution in [0.5, 0.6) is 0 Å². The number of pyridine rings is 1. The van der Waals surface area contributed by atoms with Gasteiger partial charge in [-0.05, 0) is 58.2 Å². The van der Waals surface area contributed by atoms with Crippen LogP contribution in [0.4, 0.5) is 10.5 Å². The maximum absolute atomic E-state index is 11.8. The van der Waals surface area contributed by atoms with Gasteiger partial charge in [0.05, 0.1) is 5.69 Å². The van der Waals surface area contributed by atoms with Crippen molar-refractivity contribution in [3.05, 3.63) is 58.3 Å². The largest absolute Gasteiger partial charge is 0.334 e. The number of carbonyl (C=O) groups is 1. The SMILES string of the molecule is Cc1ccc(NC(=O)NCc2ccncc2)c(Br)c1. The van der Waals surface area contributed by atoms with Gasteiger partial charge < -0.3 is 10.6 Å². The van der Waals surface area contributed by atoms with Crippen molar-refractivity contribution in [3.63, 3.8) is 0 Å². The predicted octanol–water partition coefficient (Wildman–Crippen LogP) is 3.47. The number of hydrogen-bond acceptors (Lipinski definition) is 2. The van der Waals surface area contributed by atoms with E-state index in [0.29, 0.717) is 6.54 Å². The zero-order valence-electron chi connectivity index (χ0n) is 10.5.